The van der Waals surface area contributed by atoms with Crippen molar-refractivity contribution in [1.82, 2.24) is 4.98 Å². The number of benzene rings is 1. The van der Waals surface area contributed by atoms with Crippen LogP contribution in [-0.4, -0.2) is 23.6 Å². The summed E-state index contributed by atoms with van der Waals surface area (Å²) in [5.41, 5.74) is 1.02. The van der Waals surface area contributed by atoms with Crippen LogP contribution in [0.4, 0.5) is 11.5 Å². The molecule has 0 amide bonds. The van der Waals surface area contributed by atoms with Crippen molar-refractivity contribution in [3.05, 3.63) is 46.5 Å². The molecule has 1 aromatic heterocycles. The van der Waals surface area contributed by atoms with E-state index in [1.54, 1.807) is 37.4 Å². The molecule has 0 spiro atoms. The van der Waals surface area contributed by atoms with Gasteiger partial charge in [-0.2, -0.15) is 0 Å². The molecular formula is C15H17N3O3. The molecule has 110 valence electrons. The van der Waals surface area contributed by atoms with Gasteiger partial charge < -0.3 is 10.1 Å². The summed E-state index contributed by atoms with van der Waals surface area (Å²) in [7, 11) is 1.57. The molecule has 0 aliphatic rings. The summed E-state index contributed by atoms with van der Waals surface area (Å²) < 4.78 is 5.09. The van der Waals surface area contributed by atoms with Gasteiger partial charge in [-0.25, -0.2) is 4.98 Å². The molecule has 6 nitrogen and oxygen atoms in total. The first kappa shape index (κ1) is 14.8. The number of ether oxygens (including phenoxy) is 1. The van der Waals surface area contributed by atoms with Crippen molar-refractivity contribution in [3.63, 3.8) is 0 Å². The van der Waals surface area contributed by atoms with Crippen LogP contribution in [0.3, 0.4) is 0 Å². The number of aromatic nitrogens is 1. The van der Waals surface area contributed by atoms with Gasteiger partial charge in [0.15, 0.2) is 5.69 Å². The lowest BCUT2D eigenvalue weighted by atomic mass is 10.1. The second kappa shape index (κ2) is 6.69. The van der Waals surface area contributed by atoms with Gasteiger partial charge in [0.1, 0.15) is 11.6 Å². The van der Waals surface area contributed by atoms with E-state index in [4.69, 9.17) is 4.74 Å². The lowest BCUT2D eigenvalue weighted by molar-refractivity contribution is -0.384. The van der Waals surface area contributed by atoms with Gasteiger partial charge in [-0.15, -0.1) is 0 Å². The van der Waals surface area contributed by atoms with Crippen LogP contribution in [0.5, 0.6) is 5.75 Å². The van der Waals surface area contributed by atoms with E-state index >= 15 is 0 Å². The normalized spacial score (nSPS) is 10.2. The van der Waals surface area contributed by atoms with Crippen LogP contribution >= 0.6 is 0 Å². The third kappa shape index (κ3) is 3.47. The standard InChI is InChI=1S/C15H17N3O3/c1-3-10-16-14-9-8-13(18(19)20)15(17-14)11-4-6-12(21-2)7-5-11/h4-9H,3,10H2,1-2H3,(H,16,17). The molecule has 1 aromatic carbocycles. The first-order valence-electron chi connectivity index (χ1n) is 6.69. The molecule has 2 rings (SSSR count). The number of nitro groups is 1. The smallest absolute Gasteiger partial charge is 0.295 e. The van der Waals surface area contributed by atoms with Gasteiger partial charge in [0, 0.05) is 18.2 Å². The molecule has 21 heavy (non-hydrogen) atoms. The Morgan fingerprint density at radius 2 is 1.95 bits per heavy atom. The van der Waals surface area contributed by atoms with E-state index in [0.717, 1.165) is 13.0 Å². The Kier molecular flexibility index (Phi) is 4.71. The fourth-order valence-electron chi connectivity index (χ4n) is 1.91. The van der Waals surface area contributed by atoms with Crippen LogP contribution in [0.25, 0.3) is 11.3 Å². The fourth-order valence-corrected chi connectivity index (χ4v) is 1.91. The molecule has 0 aliphatic carbocycles. The van der Waals surface area contributed by atoms with Crippen molar-refractivity contribution in [2.24, 2.45) is 0 Å². The maximum Gasteiger partial charge on any atom is 0.295 e. The van der Waals surface area contributed by atoms with Crippen LogP contribution in [-0.2, 0) is 0 Å². The predicted octanol–water partition coefficient (Wildman–Crippen LogP) is 3.49. The highest BCUT2D eigenvalue weighted by Crippen LogP contribution is 2.30. The number of nitrogens with one attached hydrogen (secondary N) is 1. The fraction of sp³-hybridized carbons (Fsp3) is 0.267. The first-order valence-corrected chi connectivity index (χ1v) is 6.69. The number of hydrogen-bond donors (Lipinski definition) is 1. The van der Waals surface area contributed by atoms with Crippen LogP contribution in [0.15, 0.2) is 36.4 Å². The van der Waals surface area contributed by atoms with E-state index in [1.807, 2.05) is 6.92 Å². The number of nitrogens with zero attached hydrogens (tertiary/aromatic N) is 2. The average Bonchev–Trinajstić information content (AvgIpc) is 2.52. The van der Waals surface area contributed by atoms with E-state index in [2.05, 4.69) is 10.3 Å². The number of methoxy groups -OCH3 is 1. The minimum absolute atomic E-state index is 0.0118. The molecule has 0 fully saturated rings. The Balaban J connectivity index is 2.43. The van der Waals surface area contributed by atoms with Crippen molar-refractivity contribution in [3.8, 4) is 17.0 Å². The Bertz CT molecular complexity index is 627. The lowest BCUT2D eigenvalue weighted by Crippen LogP contribution is -2.04. The number of pyridine rings is 1. The van der Waals surface area contributed by atoms with Gasteiger partial charge in [-0.1, -0.05) is 6.92 Å². The summed E-state index contributed by atoms with van der Waals surface area (Å²) in [6, 6.07) is 10.1. The molecule has 0 aliphatic heterocycles. The molecule has 1 heterocycles. The third-order valence-electron chi connectivity index (χ3n) is 2.99. The summed E-state index contributed by atoms with van der Waals surface area (Å²) in [5.74, 6) is 1.33. The van der Waals surface area contributed by atoms with E-state index < -0.39 is 4.92 Å². The van der Waals surface area contributed by atoms with Crippen molar-refractivity contribution in [2.75, 3.05) is 19.0 Å². The molecule has 2 aromatic rings. The maximum atomic E-state index is 11.2. The topological polar surface area (TPSA) is 77.3 Å². The Morgan fingerprint density at radius 3 is 2.52 bits per heavy atom. The van der Waals surface area contributed by atoms with E-state index in [0.29, 0.717) is 22.8 Å². The molecule has 1 N–H and O–H groups in total. The second-order valence-corrected chi connectivity index (χ2v) is 4.48. The van der Waals surface area contributed by atoms with Crippen LogP contribution in [0.2, 0.25) is 0 Å². The zero-order valence-electron chi connectivity index (χ0n) is 12.0. The van der Waals surface area contributed by atoms with Gasteiger partial charge in [0.25, 0.3) is 5.69 Å². The van der Waals surface area contributed by atoms with E-state index in [1.165, 1.54) is 6.07 Å². The van der Waals surface area contributed by atoms with Crippen LogP contribution in [0, 0.1) is 10.1 Å². The average molecular weight is 287 g/mol. The summed E-state index contributed by atoms with van der Waals surface area (Å²) in [5, 5.41) is 14.3. The third-order valence-corrected chi connectivity index (χ3v) is 2.99. The van der Waals surface area contributed by atoms with Gasteiger partial charge >= 0.3 is 0 Å². The Morgan fingerprint density at radius 1 is 1.24 bits per heavy atom. The zero-order valence-corrected chi connectivity index (χ0v) is 12.0. The molecule has 0 saturated carbocycles. The van der Waals surface area contributed by atoms with Crippen LogP contribution in [0.1, 0.15) is 13.3 Å². The van der Waals surface area contributed by atoms with E-state index in [9.17, 15) is 10.1 Å². The Labute approximate surface area is 122 Å². The first-order chi connectivity index (χ1) is 10.2. The SMILES string of the molecule is CCCNc1ccc([N+](=O)[O-])c(-c2ccc(OC)cc2)n1. The predicted molar refractivity (Wildman–Crippen MR) is 81.7 cm³/mol. The van der Waals surface area contributed by atoms with Crippen molar-refractivity contribution >= 4 is 11.5 Å². The molecule has 0 unspecified atom stereocenters. The minimum atomic E-state index is -0.420. The number of hydrogen-bond acceptors (Lipinski definition) is 5. The van der Waals surface area contributed by atoms with Gasteiger partial charge in [0.2, 0.25) is 0 Å². The molecule has 6 heteroatoms. The monoisotopic (exact) mass is 287 g/mol. The molecule has 0 saturated heterocycles. The van der Waals surface area contributed by atoms with Crippen LogP contribution < -0.4 is 10.1 Å². The zero-order chi connectivity index (χ0) is 15.2. The number of rotatable bonds is 6. The van der Waals surface area contributed by atoms with Crippen molar-refractivity contribution in [2.45, 2.75) is 13.3 Å². The lowest BCUT2D eigenvalue weighted by Gasteiger charge is -2.08. The van der Waals surface area contributed by atoms with Gasteiger partial charge in [0.05, 0.1) is 12.0 Å². The quantitative estimate of drug-likeness (QED) is 0.650. The minimum Gasteiger partial charge on any atom is -0.497 e. The second-order valence-electron chi connectivity index (χ2n) is 4.48. The van der Waals surface area contributed by atoms with Crippen molar-refractivity contribution in [1.29, 1.82) is 0 Å². The highest BCUT2D eigenvalue weighted by Gasteiger charge is 2.17. The highest BCUT2D eigenvalue weighted by atomic mass is 16.6. The summed E-state index contributed by atoms with van der Waals surface area (Å²) in [4.78, 5) is 15.1. The van der Waals surface area contributed by atoms with Crippen molar-refractivity contribution < 1.29 is 9.66 Å². The summed E-state index contributed by atoms with van der Waals surface area (Å²) in [6.45, 7) is 2.82. The summed E-state index contributed by atoms with van der Waals surface area (Å²) in [6.07, 6.45) is 0.955. The molecule has 0 bridgehead atoms. The highest BCUT2D eigenvalue weighted by molar-refractivity contribution is 5.71. The van der Waals surface area contributed by atoms with Gasteiger partial charge in [-0.05, 0) is 36.8 Å². The maximum absolute atomic E-state index is 11.2. The molecular weight excluding hydrogens is 270 g/mol. The molecule has 0 radical (unpaired) electrons. The Hall–Kier alpha value is -2.63. The summed E-state index contributed by atoms with van der Waals surface area (Å²) >= 11 is 0. The van der Waals surface area contributed by atoms with E-state index in [-0.39, 0.29) is 5.69 Å². The van der Waals surface area contributed by atoms with Gasteiger partial charge in [-0.3, -0.25) is 10.1 Å². The number of anilines is 1. The molecule has 0 atom stereocenters. The largest absolute Gasteiger partial charge is 0.497 e.